The van der Waals surface area contributed by atoms with E-state index in [1.807, 2.05) is 0 Å². The first-order chi connectivity index (χ1) is 10.8. The fourth-order valence-electron chi connectivity index (χ4n) is 7.01. The van der Waals surface area contributed by atoms with Crippen molar-refractivity contribution in [3.05, 3.63) is 0 Å². The Morgan fingerprint density at radius 2 is 1.65 bits per heavy atom. The zero-order valence-electron chi connectivity index (χ0n) is 14.2. The Bertz CT molecular complexity index is 519. The molecule has 0 aromatic heterocycles. The number of fused-ring (bicyclic) bond motifs is 5. The molecule has 4 aliphatic rings. The fourth-order valence-corrected chi connectivity index (χ4v) is 7.01. The number of hydrogen-bond donors (Lipinski definition) is 3. The highest BCUT2D eigenvalue weighted by Crippen LogP contribution is 2.65. The third kappa shape index (κ3) is 1.98. The Morgan fingerprint density at radius 3 is 2.39 bits per heavy atom. The molecule has 4 heteroatoms. The van der Waals surface area contributed by atoms with Crippen molar-refractivity contribution in [2.75, 3.05) is 0 Å². The molecule has 0 aromatic carbocycles. The standard InChI is InChI=1S/C19H30O4/c1-18-7-5-10(20)9-13(18)16(22)17(23)15-11-3-4-14(21)19(11,2)8-6-12(15)18/h10-13,15-17,20,22-23H,3-9H2,1-2H3/t10-,11-,12-,13?,15-,16+,17+,18+,19-/m0/s1. The molecule has 0 spiro atoms. The second kappa shape index (κ2) is 5.03. The van der Waals surface area contributed by atoms with Gasteiger partial charge in [-0.05, 0) is 67.6 Å². The topological polar surface area (TPSA) is 77.8 Å². The van der Waals surface area contributed by atoms with Crippen LogP contribution >= 0.6 is 0 Å². The van der Waals surface area contributed by atoms with Crippen LogP contribution in [0.5, 0.6) is 0 Å². The molecule has 4 fully saturated rings. The quantitative estimate of drug-likeness (QED) is 0.636. The number of carbonyl (C=O) groups is 1. The summed E-state index contributed by atoms with van der Waals surface area (Å²) in [5.41, 5.74) is -0.311. The number of Topliss-reactive ketones (excluding diaryl/α,β-unsaturated/α-hetero) is 1. The lowest BCUT2D eigenvalue weighted by Crippen LogP contribution is -2.64. The van der Waals surface area contributed by atoms with Crippen molar-refractivity contribution in [2.45, 2.75) is 77.1 Å². The minimum absolute atomic E-state index is 0.0183. The van der Waals surface area contributed by atoms with Crippen LogP contribution in [0.25, 0.3) is 0 Å². The number of hydrogen-bond acceptors (Lipinski definition) is 4. The SMILES string of the molecule is C[C@]12CC[C@H](O)CC1[C@@H](O)[C@H](O)[C@@H]1[C@@H]2CC[C@]2(C)C(=O)CC[C@@H]12. The lowest BCUT2D eigenvalue weighted by Gasteiger charge is -2.62. The molecule has 0 aliphatic heterocycles. The summed E-state index contributed by atoms with van der Waals surface area (Å²) in [6.07, 6.45) is 3.82. The minimum atomic E-state index is -0.769. The molecule has 130 valence electrons. The summed E-state index contributed by atoms with van der Waals surface area (Å²) >= 11 is 0. The van der Waals surface area contributed by atoms with E-state index in [0.29, 0.717) is 24.5 Å². The number of ketones is 1. The van der Waals surface area contributed by atoms with Crippen LogP contribution in [0, 0.1) is 34.5 Å². The van der Waals surface area contributed by atoms with Crippen molar-refractivity contribution >= 4 is 5.78 Å². The first-order valence-electron chi connectivity index (χ1n) is 9.36. The van der Waals surface area contributed by atoms with E-state index in [4.69, 9.17) is 0 Å². The van der Waals surface area contributed by atoms with Crippen molar-refractivity contribution in [3.8, 4) is 0 Å². The lowest BCUT2D eigenvalue weighted by molar-refractivity contribution is -0.219. The highest BCUT2D eigenvalue weighted by molar-refractivity contribution is 5.87. The van der Waals surface area contributed by atoms with Crippen molar-refractivity contribution in [3.63, 3.8) is 0 Å². The molecule has 3 N–H and O–H groups in total. The van der Waals surface area contributed by atoms with Crippen molar-refractivity contribution < 1.29 is 20.1 Å². The van der Waals surface area contributed by atoms with Gasteiger partial charge in [-0.2, -0.15) is 0 Å². The molecule has 23 heavy (non-hydrogen) atoms. The Balaban J connectivity index is 1.73. The summed E-state index contributed by atoms with van der Waals surface area (Å²) in [6, 6.07) is 0. The van der Waals surface area contributed by atoms with E-state index in [1.165, 1.54) is 0 Å². The Labute approximate surface area is 138 Å². The predicted molar refractivity (Wildman–Crippen MR) is 85.5 cm³/mol. The summed E-state index contributed by atoms with van der Waals surface area (Å²) in [4.78, 5) is 12.4. The minimum Gasteiger partial charge on any atom is -0.393 e. The number of aliphatic hydroxyl groups is 3. The summed E-state index contributed by atoms with van der Waals surface area (Å²) in [5.74, 6) is 0.940. The first-order valence-corrected chi connectivity index (χ1v) is 9.36. The summed E-state index contributed by atoms with van der Waals surface area (Å²) < 4.78 is 0. The normalized spacial score (nSPS) is 59.2. The van der Waals surface area contributed by atoms with Crippen LogP contribution in [-0.2, 0) is 4.79 Å². The Kier molecular flexibility index (Phi) is 3.51. The molecular formula is C19H30O4. The van der Waals surface area contributed by atoms with E-state index >= 15 is 0 Å². The molecule has 0 bridgehead atoms. The maximum Gasteiger partial charge on any atom is 0.139 e. The van der Waals surface area contributed by atoms with E-state index in [2.05, 4.69) is 13.8 Å². The van der Waals surface area contributed by atoms with Gasteiger partial charge in [0.1, 0.15) is 5.78 Å². The van der Waals surface area contributed by atoms with Gasteiger partial charge in [-0.15, -0.1) is 0 Å². The third-order valence-electron chi connectivity index (χ3n) is 8.43. The van der Waals surface area contributed by atoms with Gasteiger partial charge >= 0.3 is 0 Å². The maximum atomic E-state index is 12.4. The summed E-state index contributed by atoms with van der Waals surface area (Å²) in [5, 5.41) is 31.8. The van der Waals surface area contributed by atoms with Gasteiger partial charge in [-0.25, -0.2) is 0 Å². The van der Waals surface area contributed by atoms with E-state index in [0.717, 1.165) is 32.1 Å². The van der Waals surface area contributed by atoms with E-state index in [-0.39, 0.29) is 34.7 Å². The summed E-state index contributed by atoms with van der Waals surface area (Å²) in [7, 11) is 0. The van der Waals surface area contributed by atoms with Crippen molar-refractivity contribution in [1.29, 1.82) is 0 Å². The van der Waals surface area contributed by atoms with Gasteiger partial charge in [0.2, 0.25) is 0 Å². The predicted octanol–water partition coefficient (Wildman–Crippen LogP) is 1.90. The molecule has 0 heterocycles. The Morgan fingerprint density at radius 1 is 0.913 bits per heavy atom. The summed E-state index contributed by atoms with van der Waals surface area (Å²) in [6.45, 7) is 4.34. The van der Waals surface area contributed by atoms with E-state index in [1.54, 1.807) is 0 Å². The molecular weight excluding hydrogens is 292 g/mol. The van der Waals surface area contributed by atoms with Crippen LogP contribution < -0.4 is 0 Å². The van der Waals surface area contributed by atoms with Crippen LogP contribution in [0.15, 0.2) is 0 Å². The Hall–Kier alpha value is -0.450. The zero-order valence-corrected chi connectivity index (χ0v) is 14.2. The number of aliphatic hydroxyl groups excluding tert-OH is 3. The lowest BCUT2D eigenvalue weighted by atomic mass is 9.44. The van der Waals surface area contributed by atoms with E-state index < -0.39 is 12.2 Å². The van der Waals surface area contributed by atoms with Crippen LogP contribution in [0.4, 0.5) is 0 Å². The van der Waals surface area contributed by atoms with Crippen LogP contribution in [-0.4, -0.2) is 39.4 Å². The van der Waals surface area contributed by atoms with Gasteiger partial charge < -0.3 is 15.3 Å². The van der Waals surface area contributed by atoms with Gasteiger partial charge in [0.05, 0.1) is 18.3 Å². The second-order valence-corrected chi connectivity index (χ2v) is 9.23. The zero-order chi connectivity index (χ0) is 16.6. The molecule has 1 unspecified atom stereocenters. The molecule has 4 nitrogen and oxygen atoms in total. The van der Waals surface area contributed by atoms with Gasteiger partial charge in [-0.3, -0.25) is 4.79 Å². The van der Waals surface area contributed by atoms with Gasteiger partial charge in [0.25, 0.3) is 0 Å². The van der Waals surface area contributed by atoms with Gasteiger partial charge in [0, 0.05) is 11.8 Å². The molecule has 0 aromatic rings. The molecule has 0 radical (unpaired) electrons. The van der Waals surface area contributed by atoms with Crippen LogP contribution in [0.1, 0.15) is 58.8 Å². The average Bonchev–Trinajstić information content (AvgIpc) is 2.82. The fraction of sp³-hybridized carbons (Fsp3) is 0.947. The number of carbonyl (C=O) groups excluding carboxylic acids is 1. The van der Waals surface area contributed by atoms with Crippen molar-refractivity contribution in [2.24, 2.45) is 34.5 Å². The van der Waals surface area contributed by atoms with Crippen molar-refractivity contribution in [1.82, 2.24) is 0 Å². The number of rotatable bonds is 0. The molecule has 4 saturated carbocycles. The van der Waals surface area contributed by atoms with Gasteiger partial charge in [0.15, 0.2) is 0 Å². The first kappa shape index (κ1) is 16.0. The highest BCUT2D eigenvalue weighted by atomic mass is 16.3. The second-order valence-electron chi connectivity index (χ2n) is 9.23. The third-order valence-corrected chi connectivity index (χ3v) is 8.43. The molecule has 0 amide bonds. The molecule has 9 atom stereocenters. The average molecular weight is 322 g/mol. The molecule has 4 aliphatic carbocycles. The monoisotopic (exact) mass is 322 g/mol. The molecule has 4 rings (SSSR count). The van der Waals surface area contributed by atoms with E-state index in [9.17, 15) is 20.1 Å². The van der Waals surface area contributed by atoms with Crippen LogP contribution in [0.3, 0.4) is 0 Å². The smallest absolute Gasteiger partial charge is 0.139 e. The largest absolute Gasteiger partial charge is 0.393 e. The maximum absolute atomic E-state index is 12.4. The highest BCUT2D eigenvalue weighted by Gasteiger charge is 2.64. The van der Waals surface area contributed by atoms with Gasteiger partial charge in [-0.1, -0.05) is 13.8 Å². The molecule has 0 saturated heterocycles. The van der Waals surface area contributed by atoms with Crippen LogP contribution in [0.2, 0.25) is 0 Å².